The summed E-state index contributed by atoms with van der Waals surface area (Å²) in [6, 6.07) is 20.2. The van der Waals surface area contributed by atoms with E-state index in [0.29, 0.717) is 17.2 Å². The monoisotopic (exact) mass is 455 g/mol. The maximum Gasteiger partial charge on any atom is 0.343 e. The number of nitrogens with zero attached hydrogens (tertiary/aromatic N) is 2. The van der Waals surface area contributed by atoms with Gasteiger partial charge in [0.2, 0.25) is 5.88 Å². The molecule has 2 N–H and O–H groups in total. The molecule has 8 nitrogen and oxygen atoms in total. The number of carbonyl (C=O) groups excluding carboxylic acids is 1. The van der Waals surface area contributed by atoms with Crippen LogP contribution in [0.15, 0.2) is 78.2 Å². The molecule has 170 valence electrons. The van der Waals surface area contributed by atoms with E-state index in [0.717, 1.165) is 11.1 Å². The first-order valence-corrected chi connectivity index (χ1v) is 10.6. The maximum atomic E-state index is 12.5. The van der Waals surface area contributed by atoms with Gasteiger partial charge in [-0.15, -0.1) is 0 Å². The Kier molecular flexibility index (Phi) is 6.02. The number of non-ortho nitro benzene ring substituents is 1. The van der Waals surface area contributed by atoms with Gasteiger partial charge in [-0.1, -0.05) is 44.2 Å². The highest BCUT2D eigenvalue weighted by atomic mass is 16.6. The number of esters is 1. The van der Waals surface area contributed by atoms with Crippen LogP contribution in [-0.4, -0.2) is 10.9 Å². The van der Waals surface area contributed by atoms with Crippen molar-refractivity contribution < 1.29 is 19.2 Å². The average molecular weight is 455 g/mol. The predicted molar refractivity (Wildman–Crippen MR) is 124 cm³/mol. The largest absolute Gasteiger partial charge is 0.440 e. The highest BCUT2D eigenvalue weighted by Gasteiger charge is 2.31. The molecule has 0 aliphatic carbocycles. The lowest BCUT2D eigenvalue weighted by Gasteiger charge is -2.27. The molecule has 1 aliphatic rings. The van der Waals surface area contributed by atoms with Crippen LogP contribution in [-0.2, 0) is 0 Å². The van der Waals surface area contributed by atoms with Gasteiger partial charge < -0.3 is 15.2 Å². The van der Waals surface area contributed by atoms with Gasteiger partial charge in [0.15, 0.2) is 0 Å². The van der Waals surface area contributed by atoms with Crippen molar-refractivity contribution in [3.8, 4) is 17.6 Å². The maximum absolute atomic E-state index is 12.5. The third-order valence-corrected chi connectivity index (χ3v) is 5.65. The van der Waals surface area contributed by atoms with Crippen LogP contribution < -0.4 is 15.2 Å². The minimum atomic E-state index is -0.673. The summed E-state index contributed by atoms with van der Waals surface area (Å²) in [5.41, 5.74) is 9.20. The number of allylic oxidation sites excluding steroid dienone is 1. The number of nitro groups is 1. The van der Waals surface area contributed by atoms with Gasteiger partial charge in [0.1, 0.15) is 23.1 Å². The lowest BCUT2D eigenvalue weighted by molar-refractivity contribution is -0.384. The number of fused-ring (bicyclic) bond motifs is 1. The van der Waals surface area contributed by atoms with Crippen molar-refractivity contribution in [2.24, 2.45) is 5.73 Å². The van der Waals surface area contributed by atoms with Crippen LogP contribution in [0.5, 0.6) is 11.5 Å². The van der Waals surface area contributed by atoms with Gasteiger partial charge >= 0.3 is 5.97 Å². The Morgan fingerprint density at radius 3 is 2.38 bits per heavy atom. The number of ether oxygens (including phenoxy) is 2. The first-order chi connectivity index (χ1) is 16.3. The molecule has 34 heavy (non-hydrogen) atoms. The van der Waals surface area contributed by atoms with E-state index >= 15 is 0 Å². The van der Waals surface area contributed by atoms with Crippen LogP contribution in [0, 0.1) is 21.4 Å². The van der Waals surface area contributed by atoms with Crippen LogP contribution in [0.3, 0.4) is 0 Å². The van der Waals surface area contributed by atoms with Crippen molar-refractivity contribution in [1.29, 1.82) is 5.26 Å². The average Bonchev–Trinajstić information content (AvgIpc) is 2.83. The predicted octanol–water partition coefficient (Wildman–Crippen LogP) is 5.16. The van der Waals surface area contributed by atoms with Crippen molar-refractivity contribution >= 4 is 11.7 Å². The normalized spacial score (nSPS) is 14.7. The second-order valence-electron chi connectivity index (χ2n) is 8.14. The van der Waals surface area contributed by atoms with E-state index in [1.165, 1.54) is 35.9 Å². The number of rotatable bonds is 5. The van der Waals surface area contributed by atoms with Gasteiger partial charge in [-0.25, -0.2) is 4.79 Å². The van der Waals surface area contributed by atoms with Crippen molar-refractivity contribution in [2.45, 2.75) is 25.7 Å². The lowest BCUT2D eigenvalue weighted by atomic mass is 9.83. The summed E-state index contributed by atoms with van der Waals surface area (Å²) in [5.74, 6) is -0.137. The molecular weight excluding hydrogens is 434 g/mol. The molecule has 0 spiro atoms. The smallest absolute Gasteiger partial charge is 0.343 e. The van der Waals surface area contributed by atoms with Gasteiger partial charge in [-0.2, -0.15) is 5.26 Å². The minimum Gasteiger partial charge on any atom is -0.440 e. The Morgan fingerprint density at radius 1 is 1.12 bits per heavy atom. The van der Waals surface area contributed by atoms with Crippen molar-refractivity contribution in [1.82, 2.24) is 0 Å². The Labute approximate surface area is 196 Å². The van der Waals surface area contributed by atoms with Crippen molar-refractivity contribution in [3.63, 3.8) is 0 Å². The number of hydrogen-bond acceptors (Lipinski definition) is 7. The topological polar surface area (TPSA) is 128 Å². The van der Waals surface area contributed by atoms with E-state index in [9.17, 15) is 20.2 Å². The van der Waals surface area contributed by atoms with Crippen LogP contribution in [0.4, 0.5) is 5.69 Å². The lowest BCUT2D eigenvalue weighted by Crippen LogP contribution is -2.21. The summed E-state index contributed by atoms with van der Waals surface area (Å²) in [7, 11) is 0. The molecule has 0 aromatic heterocycles. The van der Waals surface area contributed by atoms with Crippen molar-refractivity contribution in [3.05, 3.63) is 111 Å². The van der Waals surface area contributed by atoms with Crippen molar-refractivity contribution in [2.75, 3.05) is 0 Å². The molecule has 4 rings (SSSR count). The summed E-state index contributed by atoms with van der Waals surface area (Å²) < 4.78 is 11.1. The Hall–Kier alpha value is -4.64. The van der Waals surface area contributed by atoms with Gasteiger partial charge in [-0.05, 0) is 35.2 Å². The third kappa shape index (κ3) is 4.32. The fourth-order valence-corrected chi connectivity index (χ4v) is 3.80. The van der Waals surface area contributed by atoms with E-state index in [1.807, 2.05) is 24.3 Å². The molecule has 1 heterocycles. The molecule has 3 aromatic rings. The van der Waals surface area contributed by atoms with Crippen LogP contribution >= 0.6 is 0 Å². The van der Waals surface area contributed by atoms with E-state index in [2.05, 4.69) is 19.9 Å². The van der Waals surface area contributed by atoms with E-state index in [-0.39, 0.29) is 22.9 Å². The fraction of sp³-hybridized carbons (Fsp3) is 0.154. The van der Waals surface area contributed by atoms with Crippen LogP contribution in [0.1, 0.15) is 52.7 Å². The second-order valence-corrected chi connectivity index (χ2v) is 8.14. The van der Waals surface area contributed by atoms with E-state index < -0.39 is 16.8 Å². The highest BCUT2D eigenvalue weighted by Crippen LogP contribution is 2.43. The van der Waals surface area contributed by atoms with Gasteiger partial charge in [0.25, 0.3) is 5.69 Å². The number of hydrogen-bond donors (Lipinski definition) is 1. The molecule has 0 saturated heterocycles. The SMILES string of the molecule is CC(C)c1ccc(C2C(C#N)=C(N)Oc3cc(OC(=O)c4ccc([N+](=O)[O-])cc4)ccc32)cc1. The van der Waals surface area contributed by atoms with Crippen LogP contribution in [0.2, 0.25) is 0 Å². The summed E-state index contributed by atoms with van der Waals surface area (Å²) in [6.07, 6.45) is 0. The fourth-order valence-electron chi connectivity index (χ4n) is 3.80. The summed E-state index contributed by atoms with van der Waals surface area (Å²) in [4.78, 5) is 22.7. The molecule has 0 fully saturated rings. The highest BCUT2D eigenvalue weighted by molar-refractivity contribution is 5.91. The second kappa shape index (κ2) is 9.08. The Bertz CT molecular complexity index is 1340. The Morgan fingerprint density at radius 2 is 1.79 bits per heavy atom. The van der Waals surface area contributed by atoms with E-state index in [4.69, 9.17) is 15.2 Å². The van der Waals surface area contributed by atoms with Gasteiger partial charge in [-0.3, -0.25) is 10.1 Å². The molecule has 8 heteroatoms. The molecule has 1 aliphatic heterocycles. The molecule has 1 unspecified atom stereocenters. The zero-order valence-electron chi connectivity index (χ0n) is 18.5. The number of nitro benzene ring substituents is 1. The number of nitriles is 1. The zero-order chi connectivity index (χ0) is 24.4. The zero-order valence-corrected chi connectivity index (χ0v) is 18.5. The quantitative estimate of drug-likeness (QED) is 0.244. The molecule has 0 radical (unpaired) electrons. The molecule has 0 saturated carbocycles. The summed E-state index contributed by atoms with van der Waals surface area (Å²) in [5, 5.41) is 20.5. The number of carbonyl (C=O) groups is 1. The number of nitrogens with two attached hydrogens (primary N) is 1. The van der Waals surface area contributed by atoms with Gasteiger partial charge in [0, 0.05) is 23.8 Å². The van der Waals surface area contributed by atoms with Crippen LogP contribution in [0.25, 0.3) is 0 Å². The summed E-state index contributed by atoms with van der Waals surface area (Å²) >= 11 is 0. The molecule has 0 amide bonds. The molecular formula is C26H21N3O5. The van der Waals surface area contributed by atoms with Gasteiger partial charge in [0.05, 0.1) is 16.4 Å². The molecule has 3 aromatic carbocycles. The molecule has 0 bridgehead atoms. The standard InChI is InChI=1S/C26H21N3O5/c1-15(2)16-3-5-17(6-4-16)24-21-12-11-20(13-23(21)34-25(28)22(24)14-27)33-26(30)18-7-9-19(10-8-18)29(31)32/h3-13,15,24H,28H2,1-2H3. The first kappa shape index (κ1) is 22.6. The third-order valence-electron chi connectivity index (χ3n) is 5.65. The Balaban J connectivity index is 1.64. The van der Waals surface area contributed by atoms with E-state index in [1.54, 1.807) is 12.1 Å². The number of benzene rings is 3. The summed E-state index contributed by atoms with van der Waals surface area (Å²) in [6.45, 7) is 4.22. The minimum absolute atomic E-state index is 0.00761. The molecule has 1 atom stereocenters. The first-order valence-electron chi connectivity index (χ1n) is 10.6.